The Balaban J connectivity index is 2.20. The number of phenols is 1. The van der Waals surface area contributed by atoms with Crippen LogP contribution < -0.4 is 0 Å². The standard InChI is InChI=1S/C21H28ClN3O/c1-19(2,3)13-10-14(20(4,5)6)18(26)17(11-13)25-23-15-8-9-21(7,22)12-16(15)24-25/h8-11,26H,12H2,1-7H3. The van der Waals surface area contributed by atoms with Gasteiger partial charge in [0.2, 0.25) is 0 Å². The summed E-state index contributed by atoms with van der Waals surface area (Å²) in [5, 5.41) is 20.2. The molecular formula is C21H28ClN3O. The average molecular weight is 374 g/mol. The molecule has 0 spiro atoms. The van der Waals surface area contributed by atoms with Gasteiger partial charge in [-0.3, -0.25) is 0 Å². The molecule has 1 aliphatic rings. The van der Waals surface area contributed by atoms with Crippen LogP contribution in [0.2, 0.25) is 0 Å². The van der Waals surface area contributed by atoms with E-state index in [9.17, 15) is 5.11 Å². The summed E-state index contributed by atoms with van der Waals surface area (Å²) in [7, 11) is 0. The number of rotatable bonds is 1. The van der Waals surface area contributed by atoms with Gasteiger partial charge in [-0.25, -0.2) is 0 Å². The number of allylic oxidation sites excluding steroid dienone is 1. The van der Waals surface area contributed by atoms with Crippen LogP contribution in [0.25, 0.3) is 11.8 Å². The van der Waals surface area contributed by atoms with Gasteiger partial charge < -0.3 is 5.11 Å². The Morgan fingerprint density at radius 2 is 1.73 bits per heavy atom. The van der Waals surface area contributed by atoms with Gasteiger partial charge in [0.25, 0.3) is 0 Å². The number of benzene rings is 1. The zero-order valence-electron chi connectivity index (χ0n) is 16.7. The first-order valence-electron chi connectivity index (χ1n) is 9.01. The fraction of sp³-hybridized carbons (Fsp3) is 0.524. The molecule has 1 aromatic heterocycles. The monoisotopic (exact) mass is 373 g/mol. The molecule has 0 bridgehead atoms. The second-order valence-electron chi connectivity index (χ2n) is 9.50. The Morgan fingerprint density at radius 1 is 1.08 bits per heavy atom. The number of nitrogens with zero attached hydrogens (tertiary/aromatic N) is 3. The highest BCUT2D eigenvalue weighted by Crippen LogP contribution is 2.39. The molecule has 2 aromatic rings. The third kappa shape index (κ3) is 3.52. The van der Waals surface area contributed by atoms with E-state index in [2.05, 4.69) is 57.8 Å². The number of alkyl halides is 1. The van der Waals surface area contributed by atoms with Crippen LogP contribution in [-0.2, 0) is 17.3 Å². The zero-order valence-corrected chi connectivity index (χ0v) is 17.4. The third-order valence-electron chi connectivity index (χ3n) is 4.79. The smallest absolute Gasteiger partial charge is 0.146 e. The minimum atomic E-state index is -0.445. The van der Waals surface area contributed by atoms with Crippen LogP contribution in [0.4, 0.5) is 0 Å². The highest BCUT2D eigenvalue weighted by molar-refractivity contribution is 6.25. The van der Waals surface area contributed by atoms with Crippen LogP contribution in [0.5, 0.6) is 5.75 Å². The molecule has 0 saturated carbocycles. The third-order valence-corrected chi connectivity index (χ3v) is 5.05. The number of hydrogen-bond donors (Lipinski definition) is 1. The lowest BCUT2D eigenvalue weighted by Crippen LogP contribution is -2.20. The number of hydrogen-bond acceptors (Lipinski definition) is 3. The molecule has 26 heavy (non-hydrogen) atoms. The molecule has 0 radical (unpaired) electrons. The largest absolute Gasteiger partial charge is 0.505 e. The van der Waals surface area contributed by atoms with Crippen molar-refractivity contribution in [2.45, 2.75) is 70.6 Å². The van der Waals surface area contributed by atoms with Crippen LogP contribution in [-0.4, -0.2) is 25.0 Å². The lowest BCUT2D eigenvalue weighted by molar-refractivity contribution is 0.437. The molecule has 0 fully saturated rings. The molecule has 0 amide bonds. The van der Waals surface area contributed by atoms with Gasteiger partial charge in [0, 0.05) is 12.0 Å². The van der Waals surface area contributed by atoms with E-state index < -0.39 is 4.87 Å². The van der Waals surface area contributed by atoms with Crippen molar-refractivity contribution in [3.63, 3.8) is 0 Å². The number of fused-ring (bicyclic) bond motifs is 1. The van der Waals surface area contributed by atoms with Gasteiger partial charge in [0.05, 0.1) is 10.6 Å². The van der Waals surface area contributed by atoms with Gasteiger partial charge in [-0.1, -0.05) is 53.7 Å². The summed E-state index contributed by atoms with van der Waals surface area (Å²) in [6.45, 7) is 14.8. The van der Waals surface area contributed by atoms with E-state index >= 15 is 0 Å². The summed E-state index contributed by atoms with van der Waals surface area (Å²) >= 11 is 6.44. The molecule has 1 aliphatic carbocycles. The van der Waals surface area contributed by atoms with E-state index in [4.69, 9.17) is 11.6 Å². The normalized spacial score (nSPS) is 20.3. The van der Waals surface area contributed by atoms with Gasteiger partial charge in [0.1, 0.15) is 17.1 Å². The number of halogens is 1. The van der Waals surface area contributed by atoms with Crippen molar-refractivity contribution in [3.05, 3.63) is 40.7 Å². The van der Waals surface area contributed by atoms with E-state index in [1.807, 2.05) is 25.1 Å². The van der Waals surface area contributed by atoms with Gasteiger partial charge in [0.15, 0.2) is 0 Å². The molecule has 1 unspecified atom stereocenters. The molecule has 140 valence electrons. The molecule has 0 aliphatic heterocycles. The second kappa shape index (κ2) is 5.85. The SMILES string of the molecule is CC1(Cl)C=Cc2nn(-c3cc(C(C)(C)C)cc(C(C)(C)C)c3O)nc2C1. The van der Waals surface area contributed by atoms with Crippen molar-refractivity contribution >= 4 is 17.7 Å². The van der Waals surface area contributed by atoms with Crippen LogP contribution in [0.3, 0.4) is 0 Å². The molecule has 1 N–H and O–H groups in total. The number of phenolic OH excluding ortho intramolecular Hbond substituents is 1. The first-order chi connectivity index (χ1) is 11.8. The number of aromatic hydroxyl groups is 1. The minimum Gasteiger partial charge on any atom is -0.505 e. The molecule has 4 nitrogen and oxygen atoms in total. The average Bonchev–Trinajstić information content (AvgIpc) is 2.86. The molecule has 1 atom stereocenters. The quantitative estimate of drug-likeness (QED) is 0.704. The van der Waals surface area contributed by atoms with Crippen LogP contribution in [0.15, 0.2) is 18.2 Å². The fourth-order valence-electron chi connectivity index (χ4n) is 3.13. The van der Waals surface area contributed by atoms with Crippen LogP contribution in [0.1, 0.15) is 71.0 Å². The van der Waals surface area contributed by atoms with E-state index in [-0.39, 0.29) is 16.6 Å². The molecule has 1 aromatic carbocycles. The molecular weight excluding hydrogens is 346 g/mol. The Labute approximate surface area is 160 Å². The maximum Gasteiger partial charge on any atom is 0.146 e. The van der Waals surface area contributed by atoms with E-state index in [0.29, 0.717) is 12.1 Å². The number of aromatic nitrogens is 3. The summed E-state index contributed by atoms with van der Waals surface area (Å²) in [5.74, 6) is 0.232. The van der Waals surface area contributed by atoms with Gasteiger partial charge >= 0.3 is 0 Å². The summed E-state index contributed by atoms with van der Waals surface area (Å²) < 4.78 is 0. The van der Waals surface area contributed by atoms with Gasteiger partial charge in [-0.05, 0) is 35.5 Å². The molecule has 5 heteroatoms. The second-order valence-corrected chi connectivity index (χ2v) is 10.4. The van der Waals surface area contributed by atoms with Crippen molar-refractivity contribution in [1.29, 1.82) is 0 Å². The summed E-state index contributed by atoms with van der Waals surface area (Å²) in [4.78, 5) is 1.10. The zero-order chi connectivity index (χ0) is 19.5. The fourth-order valence-corrected chi connectivity index (χ4v) is 3.32. The summed E-state index contributed by atoms with van der Waals surface area (Å²) in [6, 6.07) is 4.08. The van der Waals surface area contributed by atoms with Crippen molar-refractivity contribution in [2.24, 2.45) is 0 Å². The summed E-state index contributed by atoms with van der Waals surface area (Å²) in [6.07, 6.45) is 4.47. The van der Waals surface area contributed by atoms with E-state index in [1.54, 1.807) is 4.80 Å². The van der Waals surface area contributed by atoms with E-state index in [0.717, 1.165) is 22.5 Å². The molecule has 1 heterocycles. The Bertz CT molecular complexity index is 880. The first-order valence-corrected chi connectivity index (χ1v) is 9.38. The maximum atomic E-state index is 11.0. The van der Waals surface area contributed by atoms with Crippen molar-refractivity contribution in [1.82, 2.24) is 15.0 Å². The highest BCUT2D eigenvalue weighted by Gasteiger charge is 2.29. The lowest BCUT2D eigenvalue weighted by Gasteiger charge is -2.27. The summed E-state index contributed by atoms with van der Waals surface area (Å²) in [5.41, 5.74) is 4.06. The topological polar surface area (TPSA) is 50.9 Å². The lowest BCUT2D eigenvalue weighted by atomic mass is 9.80. The highest BCUT2D eigenvalue weighted by atomic mass is 35.5. The maximum absolute atomic E-state index is 11.0. The molecule has 3 rings (SSSR count). The minimum absolute atomic E-state index is 0.0518. The van der Waals surface area contributed by atoms with Crippen LogP contribution in [0, 0.1) is 0 Å². The van der Waals surface area contributed by atoms with Crippen molar-refractivity contribution in [2.75, 3.05) is 0 Å². The van der Waals surface area contributed by atoms with Gasteiger partial charge in [-0.15, -0.1) is 21.5 Å². The molecule has 0 saturated heterocycles. The van der Waals surface area contributed by atoms with Crippen molar-refractivity contribution < 1.29 is 5.11 Å². The Hall–Kier alpha value is -1.81. The first kappa shape index (κ1) is 19.0. The Kier molecular flexibility index (Phi) is 4.27. The predicted molar refractivity (Wildman–Crippen MR) is 107 cm³/mol. The van der Waals surface area contributed by atoms with Gasteiger partial charge in [-0.2, -0.15) is 5.10 Å². The predicted octanol–water partition coefficient (Wildman–Crippen LogP) is 5.13. The Morgan fingerprint density at radius 3 is 2.31 bits per heavy atom. The van der Waals surface area contributed by atoms with E-state index in [1.165, 1.54) is 0 Å². The van der Waals surface area contributed by atoms with Crippen molar-refractivity contribution in [3.8, 4) is 11.4 Å². The van der Waals surface area contributed by atoms with Crippen LogP contribution >= 0.6 is 11.6 Å².